The van der Waals surface area contributed by atoms with Crippen molar-refractivity contribution in [2.45, 2.75) is 6.54 Å². The van der Waals surface area contributed by atoms with Gasteiger partial charge in [-0.1, -0.05) is 5.21 Å². The molecule has 0 fully saturated rings. The number of hydrogen-bond acceptors (Lipinski definition) is 5. The Morgan fingerprint density at radius 3 is 2.52 bits per heavy atom. The molecule has 0 unspecified atom stereocenters. The van der Waals surface area contributed by atoms with E-state index in [1.54, 1.807) is 10.9 Å². The Morgan fingerprint density at radius 1 is 1.19 bits per heavy atom. The third kappa shape index (κ3) is 2.41. The Balaban J connectivity index is 2.08. The molecule has 0 atom stereocenters. The molecule has 2 N–H and O–H groups in total. The average Bonchev–Trinajstić information content (AvgIpc) is 3.15. The van der Waals surface area contributed by atoms with E-state index in [1.807, 2.05) is 55.4 Å². The molecule has 2 aromatic heterocycles. The molecule has 0 amide bonds. The minimum absolute atomic E-state index is 0.311. The number of nitrogens with zero attached hydrogens (tertiary/aromatic N) is 4. The van der Waals surface area contributed by atoms with E-state index in [0.29, 0.717) is 18.0 Å². The number of nitrogens with two attached hydrogens (primary N) is 1. The van der Waals surface area contributed by atoms with Crippen molar-refractivity contribution < 1.29 is 4.42 Å². The van der Waals surface area contributed by atoms with Crippen LogP contribution in [0.4, 0.5) is 5.69 Å². The topological polar surface area (TPSA) is 73.1 Å². The first-order valence-electron chi connectivity index (χ1n) is 6.67. The first kappa shape index (κ1) is 13.4. The van der Waals surface area contributed by atoms with Crippen molar-refractivity contribution in [2.24, 2.45) is 5.73 Å². The summed E-state index contributed by atoms with van der Waals surface area (Å²) >= 11 is 0. The maximum atomic E-state index is 5.75. The summed E-state index contributed by atoms with van der Waals surface area (Å²) in [5.41, 5.74) is 9.29. The maximum absolute atomic E-state index is 5.75. The predicted octanol–water partition coefficient (Wildman–Crippen LogP) is 2.05. The molecule has 21 heavy (non-hydrogen) atoms. The van der Waals surface area contributed by atoms with Crippen LogP contribution < -0.4 is 10.6 Å². The zero-order valence-corrected chi connectivity index (χ0v) is 12.0. The van der Waals surface area contributed by atoms with E-state index in [1.165, 1.54) is 0 Å². The second-order valence-corrected chi connectivity index (χ2v) is 4.89. The van der Waals surface area contributed by atoms with Crippen LogP contribution in [0.5, 0.6) is 0 Å². The number of rotatable bonds is 4. The van der Waals surface area contributed by atoms with Crippen molar-refractivity contribution in [3.05, 3.63) is 48.4 Å². The highest BCUT2D eigenvalue weighted by atomic mass is 16.3. The van der Waals surface area contributed by atoms with Gasteiger partial charge in [0, 0.05) is 26.3 Å². The van der Waals surface area contributed by atoms with Gasteiger partial charge in [-0.05, 0) is 36.4 Å². The molecule has 0 saturated carbocycles. The Kier molecular flexibility index (Phi) is 3.45. The third-order valence-electron chi connectivity index (χ3n) is 3.30. The number of benzene rings is 1. The quantitative estimate of drug-likeness (QED) is 0.793. The Morgan fingerprint density at radius 2 is 1.95 bits per heavy atom. The molecule has 0 aliphatic rings. The summed E-state index contributed by atoms with van der Waals surface area (Å²) < 4.78 is 7.23. The van der Waals surface area contributed by atoms with Crippen molar-refractivity contribution in [3.63, 3.8) is 0 Å². The zero-order chi connectivity index (χ0) is 14.8. The molecule has 0 saturated heterocycles. The van der Waals surface area contributed by atoms with Gasteiger partial charge in [0.1, 0.15) is 11.4 Å². The van der Waals surface area contributed by atoms with Crippen LogP contribution in [0.2, 0.25) is 0 Å². The lowest BCUT2D eigenvalue weighted by Gasteiger charge is -2.13. The first-order chi connectivity index (χ1) is 10.2. The van der Waals surface area contributed by atoms with Gasteiger partial charge in [0.2, 0.25) is 0 Å². The summed E-state index contributed by atoms with van der Waals surface area (Å²) in [6.07, 6.45) is 1.63. The smallest absolute Gasteiger partial charge is 0.154 e. The van der Waals surface area contributed by atoms with E-state index < -0.39 is 0 Å². The summed E-state index contributed by atoms with van der Waals surface area (Å²) in [5, 5.41) is 8.34. The highest BCUT2D eigenvalue weighted by Gasteiger charge is 2.17. The summed E-state index contributed by atoms with van der Waals surface area (Å²) in [4.78, 5) is 2.05. The first-order valence-corrected chi connectivity index (χ1v) is 6.67. The van der Waals surface area contributed by atoms with E-state index >= 15 is 0 Å². The van der Waals surface area contributed by atoms with Gasteiger partial charge in [-0.15, -0.1) is 5.10 Å². The van der Waals surface area contributed by atoms with Gasteiger partial charge >= 0.3 is 0 Å². The molecule has 2 heterocycles. The van der Waals surface area contributed by atoms with Gasteiger partial charge in [-0.2, -0.15) is 0 Å². The van der Waals surface area contributed by atoms with Crippen LogP contribution in [0.15, 0.2) is 47.1 Å². The molecule has 3 aromatic rings. The van der Waals surface area contributed by atoms with Crippen molar-refractivity contribution in [3.8, 4) is 17.1 Å². The second kappa shape index (κ2) is 5.41. The fraction of sp³-hybridized carbons (Fsp3) is 0.200. The minimum Gasteiger partial charge on any atom is -0.463 e. The normalized spacial score (nSPS) is 10.8. The molecule has 108 valence electrons. The molecular formula is C15H17N5O. The molecule has 0 aliphatic heterocycles. The van der Waals surface area contributed by atoms with Crippen LogP contribution in [-0.2, 0) is 6.54 Å². The fourth-order valence-electron chi connectivity index (χ4n) is 2.18. The summed E-state index contributed by atoms with van der Waals surface area (Å²) in [6.45, 7) is 0.311. The number of aromatic nitrogens is 3. The van der Waals surface area contributed by atoms with Crippen LogP contribution >= 0.6 is 0 Å². The standard InChI is InChI=1S/C15H17N5O/c1-19(2)11-5-7-12(8-6-11)20-15(13(10-16)17-18-20)14-4-3-9-21-14/h3-9H,10,16H2,1-2H3. The van der Waals surface area contributed by atoms with Gasteiger partial charge in [0.15, 0.2) is 5.76 Å². The van der Waals surface area contributed by atoms with Crippen LogP contribution in [-0.4, -0.2) is 29.1 Å². The SMILES string of the molecule is CN(C)c1ccc(-n2nnc(CN)c2-c2ccco2)cc1. The average molecular weight is 283 g/mol. The molecule has 0 spiro atoms. The molecule has 0 bridgehead atoms. The molecule has 3 rings (SSSR count). The summed E-state index contributed by atoms with van der Waals surface area (Å²) in [6, 6.07) is 11.8. The van der Waals surface area contributed by atoms with Crippen molar-refractivity contribution in [1.29, 1.82) is 0 Å². The molecule has 0 aliphatic carbocycles. The van der Waals surface area contributed by atoms with Gasteiger partial charge in [-0.25, -0.2) is 4.68 Å². The Hall–Kier alpha value is -2.60. The minimum atomic E-state index is 0.311. The van der Waals surface area contributed by atoms with E-state index in [0.717, 1.165) is 17.1 Å². The Bertz CT molecular complexity index is 713. The molecule has 0 radical (unpaired) electrons. The van der Waals surface area contributed by atoms with Crippen molar-refractivity contribution in [1.82, 2.24) is 15.0 Å². The van der Waals surface area contributed by atoms with E-state index in [4.69, 9.17) is 10.2 Å². The number of furan rings is 1. The van der Waals surface area contributed by atoms with E-state index in [-0.39, 0.29) is 0 Å². The molecule has 1 aromatic carbocycles. The lowest BCUT2D eigenvalue weighted by atomic mass is 10.2. The van der Waals surface area contributed by atoms with Crippen molar-refractivity contribution >= 4 is 5.69 Å². The second-order valence-electron chi connectivity index (χ2n) is 4.89. The monoisotopic (exact) mass is 283 g/mol. The fourth-order valence-corrected chi connectivity index (χ4v) is 2.18. The van der Waals surface area contributed by atoms with Gasteiger partial charge in [-0.3, -0.25) is 0 Å². The molecule has 6 heteroatoms. The lowest BCUT2D eigenvalue weighted by molar-refractivity contribution is 0.576. The predicted molar refractivity (Wildman–Crippen MR) is 81.3 cm³/mol. The van der Waals surface area contributed by atoms with Crippen LogP contribution in [0.1, 0.15) is 5.69 Å². The summed E-state index contributed by atoms with van der Waals surface area (Å²) in [7, 11) is 4.01. The summed E-state index contributed by atoms with van der Waals surface area (Å²) in [5.74, 6) is 0.706. The van der Waals surface area contributed by atoms with Crippen LogP contribution in [0.3, 0.4) is 0 Å². The lowest BCUT2D eigenvalue weighted by Crippen LogP contribution is -2.08. The third-order valence-corrected chi connectivity index (χ3v) is 3.30. The number of hydrogen-bond donors (Lipinski definition) is 1. The van der Waals surface area contributed by atoms with Gasteiger partial charge < -0.3 is 15.1 Å². The van der Waals surface area contributed by atoms with Gasteiger partial charge in [0.05, 0.1) is 12.0 Å². The molecule has 6 nitrogen and oxygen atoms in total. The van der Waals surface area contributed by atoms with E-state index in [9.17, 15) is 0 Å². The number of anilines is 1. The van der Waals surface area contributed by atoms with Gasteiger partial charge in [0.25, 0.3) is 0 Å². The maximum Gasteiger partial charge on any atom is 0.154 e. The highest BCUT2D eigenvalue weighted by Crippen LogP contribution is 2.26. The van der Waals surface area contributed by atoms with E-state index in [2.05, 4.69) is 10.3 Å². The Labute approximate surface area is 122 Å². The van der Waals surface area contributed by atoms with Crippen LogP contribution in [0.25, 0.3) is 17.1 Å². The zero-order valence-electron chi connectivity index (χ0n) is 12.0. The highest BCUT2D eigenvalue weighted by molar-refractivity contribution is 5.60. The van der Waals surface area contributed by atoms with Crippen LogP contribution in [0, 0.1) is 0 Å². The largest absolute Gasteiger partial charge is 0.463 e. The van der Waals surface area contributed by atoms with Crippen molar-refractivity contribution in [2.75, 3.05) is 19.0 Å². The molecular weight excluding hydrogens is 266 g/mol.